The average molecular weight is 871 g/mol. The van der Waals surface area contributed by atoms with Gasteiger partial charge in [-0.05, 0) is 83.5 Å². The van der Waals surface area contributed by atoms with Crippen molar-refractivity contribution in [3.05, 3.63) is 72.9 Å². The van der Waals surface area contributed by atoms with Crippen molar-refractivity contribution >= 4 is 17.9 Å². The summed E-state index contributed by atoms with van der Waals surface area (Å²) < 4.78 is 22.8. The van der Waals surface area contributed by atoms with E-state index in [0.29, 0.717) is 17.4 Å². The third kappa shape index (κ3) is 44.8. The van der Waals surface area contributed by atoms with Crippen molar-refractivity contribution < 1.29 is 42.9 Å². The van der Waals surface area contributed by atoms with Gasteiger partial charge >= 0.3 is 17.9 Å². The molecular formula is C53H92NO8+. The van der Waals surface area contributed by atoms with Gasteiger partial charge in [-0.15, -0.1) is 0 Å². The Morgan fingerprint density at radius 3 is 1.37 bits per heavy atom. The Bertz CT molecular complexity index is 1240. The van der Waals surface area contributed by atoms with Crippen LogP contribution in [0.5, 0.6) is 0 Å². The monoisotopic (exact) mass is 871 g/mol. The summed E-state index contributed by atoms with van der Waals surface area (Å²) in [5.41, 5.74) is 0. The molecular weight excluding hydrogens is 779 g/mol. The summed E-state index contributed by atoms with van der Waals surface area (Å²) in [6.07, 6.45) is 52.4. The first-order valence-electron chi connectivity index (χ1n) is 24.6. The van der Waals surface area contributed by atoms with Gasteiger partial charge in [0.1, 0.15) is 13.2 Å². The van der Waals surface area contributed by atoms with E-state index < -0.39 is 24.3 Å². The quantitative estimate of drug-likeness (QED) is 0.0212. The number of ether oxygens (including phenoxy) is 4. The lowest BCUT2D eigenvalue weighted by molar-refractivity contribution is -0.870. The average Bonchev–Trinajstić information content (AvgIpc) is 3.23. The minimum atomic E-state index is -1.52. The van der Waals surface area contributed by atoms with Crippen LogP contribution in [0.25, 0.3) is 0 Å². The summed E-state index contributed by atoms with van der Waals surface area (Å²) in [4.78, 5) is 37.2. The van der Waals surface area contributed by atoms with Gasteiger partial charge in [-0.2, -0.15) is 0 Å². The number of rotatable bonds is 44. The second-order valence-corrected chi connectivity index (χ2v) is 17.4. The maximum Gasteiger partial charge on any atom is 0.361 e. The van der Waals surface area contributed by atoms with Crippen molar-refractivity contribution in [3.63, 3.8) is 0 Å². The molecule has 0 aliphatic rings. The lowest BCUT2D eigenvalue weighted by Gasteiger charge is -2.25. The number of hydrogen-bond acceptors (Lipinski definition) is 7. The molecule has 1 N–H and O–H groups in total. The van der Waals surface area contributed by atoms with E-state index in [-0.39, 0.29) is 38.6 Å². The van der Waals surface area contributed by atoms with Crippen LogP contribution < -0.4 is 0 Å². The molecule has 0 aliphatic heterocycles. The molecule has 0 heterocycles. The van der Waals surface area contributed by atoms with Crippen molar-refractivity contribution in [1.82, 2.24) is 0 Å². The molecule has 0 bridgehead atoms. The fourth-order valence-corrected chi connectivity index (χ4v) is 6.39. The second-order valence-electron chi connectivity index (χ2n) is 17.4. The maximum atomic E-state index is 12.8. The summed E-state index contributed by atoms with van der Waals surface area (Å²) in [5, 5.41) is 9.66. The first kappa shape index (κ1) is 58.7. The van der Waals surface area contributed by atoms with E-state index in [1.165, 1.54) is 51.4 Å². The van der Waals surface area contributed by atoms with Crippen LogP contribution in [-0.4, -0.2) is 87.4 Å². The summed E-state index contributed by atoms with van der Waals surface area (Å²) in [5.74, 6) is -2.04. The van der Waals surface area contributed by atoms with Gasteiger partial charge in [0.25, 0.3) is 6.29 Å². The number of nitrogens with zero attached hydrogens (tertiary/aromatic N) is 1. The van der Waals surface area contributed by atoms with Gasteiger partial charge in [-0.3, -0.25) is 9.59 Å². The molecule has 0 saturated carbocycles. The summed E-state index contributed by atoms with van der Waals surface area (Å²) >= 11 is 0. The smallest absolute Gasteiger partial charge is 0.361 e. The molecule has 62 heavy (non-hydrogen) atoms. The Morgan fingerprint density at radius 1 is 0.500 bits per heavy atom. The van der Waals surface area contributed by atoms with Gasteiger partial charge in [0.2, 0.25) is 0 Å². The topological polar surface area (TPSA) is 108 Å². The van der Waals surface area contributed by atoms with Gasteiger partial charge in [0.15, 0.2) is 6.10 Å². The number of esters is 2. The molecule has 9 heteroatoms. The zero-order valence-electron chi connectivity index (χ0n) is 40.3. The van der Waals surface area contributed by atoms with Gasteiger partial charge in [-0.25, -0.2) is 4.79 Å². The number of unbranched alkanes of at least 4 members (excludes halogenated alkanes) is 17. The van der Waals surface area contributed by atoms with Crippen LogP contribution in [0.1, 0.15) is 187 Å². The van der Waals surface area contributed by atoms with Crippen LogP contribution in [-0.2, 0) is 33.3 Å². The Morgan fingerprint density at radius 2 is 0.919 bits per heavy atom. The van der Waals surface area contributed by atoms with Crippen molar-refractivity contribution in [1.29, 1.82) is 0 Å². The molecule has 0 saturated heterocycles. The zero-order valence-corrected chi connectivity index (χ0v) is 40.3. The number of carbonyl (C=O) groups is 3. The molecule has 0 aromatic heterocycles. The van der Waals surface area contributed by atoms with E-state index >= 15 is 0 Å². The largest absolute Gasteiger partial charge is 0.477 e. The molecule has 0 radical (unpaired) electrons. The number of aliphatic carboxylic acids is 1. The standard InChI is InChI=1S/C53H91NO8/c1-6-8-10-12-14-16-18-20-22-24-26-28-30-32-34-36-38-40-42-44-51(56)62-49(48-61-53(52(57)58)59-46-45-54(3,4)5)47-60-50(55)43-41-39-37-35-33-31-29-27-25-23-21-19-17-15-13-11-9-7-2/h8,10,14,16-17,19-20,22-23,25-26,28,49,53H,6-7,9,11-13,15,18,21,24,27,29-48H2,1-5H3/p+1/b10-8-,16-14-,19-17-,22-20-,25-23-,28-26-. The molecule has 2 unspecified atom stereocenters. The minimum Gasteiger partial charge on any atom is -0.477 e. The number of carbonyl (C=O) groups excluding carboxylic acids is 2. The highest BCUT2D eigenvalue weighted by Crippen LogP contribution is 2.13. The van der Waals surface area contributed by atoms with Gasteiger partial charge in [0, 0.05) is 12.8 Å². The van der Waals surface area contributed by atoms with Gasteiger partial charge in [-0.1, -0.05) is 164 Å². The highest BCUT2D eigenvalue weighted by molar-refractivity contribution is 5.71. The van der Waals surface area contributed by atoms with Gasteiger partial charge < -0.3 is 28.5 Å². The van der Waals surface area contributed by atoms with E-state index in [9.17, 15) is 19.5 Å². The zero-order chi connectivity index (χ0) is 45.6. The van der Waals surface area contributed by atoms with Crippen molar-refractivity contribution in [2.75, 3.05) is 47.5 Å². The fraction of sp³-hybridized carbons (Fsp3) is 0.717. The van der Waals surface area contributed by atoms with Crippen LogP contribution in [0, 0.1) is 0 Å². The van der Waals surface area contributed by atoms with E-state index in [1.54, 1.807) is 0 Å². The Hall–Kier alpha value is -3.27. The van der Waals surface area contributed by atoms with Crippen molar-refractivity contribution in [2.45, 2.75) is 200 Å². The van der Waals surface area contributed by atoms with Crippen LogP contribution in [0.15, 0.2) is 72.9 Å². The molecule has 0 rings (SSSR count). The lowest BCUT2D eigenvalue weighted by atomic mass is 10.1. The molecule has 356 valence electrons. The third-order valence-corrected chi connectivity index (χ3v) is 10.2. The number of allylic oxidation sites excluding steroid dienone is 12. The molecule has 0 spiro atoms. The van der Waals surface area contributed by atoms with E-state index in [4.69, 9.17) is 18.9 Å². The van der Waals surface area contributed by atoms with Crippen molar-refractivity contribution in [3.8, 4) is 0 Å². The molecule has 0 amide bonds. The number of quaternary nitrogens is 1. The first-order chi connectivity index (χ1) is 30.1. The maximum absolute atomic E-state index is 12.8. The molecule has 9 nitrogen and oxygen atoms in total. The third-order valence-electron chi connectivity index (χ3n) is 10.2. The summed E-state index contributed by atoms with van der Waals surface area (Å²) in [6.45, 7) is 4.71. The van der Waals surface area contributed by atoms with E-state index in [2.05, 4.69) is 86.8 Å². The molecule has 0 aromatic rings. The SMILES string of the molecule is CC/C=C\C/C=C\C/C=C\C/C=C\CCCCCCCCC(=O)OC(COC(=O)CCCCCCCCC/C=C\C/C=C\CCCCCC)COC(OCC[N+](C)(C)C)C(=O)O. The predicted octanol–water partition coefficient (Wildman–Crippen LogP) is 13.5. The minimum absolute atomic E-state index is 0.180. The van der Waals surface area contributed by atoms with Crippen LogP contribution in [0.3, 0.4) is 0 Å². The van der Waals surface area contributed by atoms with Crippen LogP contribution in [0.2, 0.25) is 0 Å². The fourth-order valence-electron chi connectivity index (χ4n) is 6.39. The highest BCUT2D eigenvalue weighted by Gasteiger charge is 2.25. The number of hydrogen-bond donors (Lipinski definition) is 1. The predicted molar refractivity (Wildman–Crippen MR) is 258 cm³/mol. The number of carboxylic acid groups (broad SMARTS) is 1. The Balaban J connectivity index is 4.43. The highest BCUT2D eigenvalue weighted by atomic mass is 16.7. The first-order valence-corrected chi connectivity index (χ1v) is 24.6. The Labute approximate surface area is 379 Å². The number of likely N-dealkylation sites (N-methyl/N-ethyl adjacent to an activating group) is 1. The second kappa shape index (κ2) is 44.3. The van der Waals surface area contributed by atoms with E-state index in [1.807, 2.05) is 21.1 Å². The van der Waals surface area contributed by atoms with Crippen LogP contribution >= 0.6 is 0 Å². The Kier molecular flexibility index (Phi) is 42.0. The van der Waals surface area contributed by atoms with Crippen molar-refractivity contribution in [2.24, 2.45) is 0 Å². The number of carboxylic acids is 1. The van der Waals surface area contributed by atoms with E-state index in [0.717, 1.165) is 103 Å². The molecule has 0 aliphatic carbocycles. The lowest BCUT2D eigenvalue weighted by Crippen LogP contribution is -2.40. The molecule has 0 fully saturated rings. The summed E-state index contributed by atoms with van der Waals surface area (Å²) in [7, 11) is 5.95. The van der Waals surface area contributed by atoms with Gasteiger partial charge in [0.05, 0.1) is 34.4 Å². The summed E-state index contributed by atoms with van der Waals surface area (Å²) in [6, 6.07) is 0. The normalized spacial score (nSPS) is 13.5. The molecule has 0 aromatic carbocycles. The molecule has 2 atom stereocenters. The van der Waals surface area contributed by atoms with Crippen LogP contribution in [0.4, 0.5) is 0 Å².